The Bertz CT molecular complexity index is 6300. The molecule has 0 radical (unpaired) electrons. The largest absolute Gasteiger partial charge is 0.472 e. The van der Waals surface area contributed by atoms with E-state index >= 15 is 4.57 Å². The average molecular weight is 2140 g/mol. The monoisotopic (exact) mass is 2140 g/mol. The highest BCUT2D eigenvalue weighted by molar-refractivity contribution is 8.08. The Labute approximate surface area is 806 Å². The van der Waals surface area contributed by atoms with Gasteiger partial charge in [0, 0.05) is 100 Å². The molecule has 0 aliphatic carbocycles. The van der Waals surface area contributed by atoms with Crippen LogP contribution in [-0.4, -0.2) is 309 Å². The molecule has 17 N–H and O–H groups in total. The van der Waals surface area contributed by atoms with Gasteiger partial charge in [0.05, 0.1) is 111 Å². The van der Waals surface area contributed by atoms with Crippen molar-refractivity contribution in [2.75, 3.05) is 137 Å². The van der Waals surface area contributed by atoms with Crippen molar-refractivity contribution >= 4 is 116 Å². The van der Waals surface area contributed by atoms with Crippen molar-refractivity contribution in [1.82, 2.24) is 67.3 Å². The first kappa shape index (κ1) is 109. The van der Waals surface area contributed by atoms with E-state index in [-0.39, 0.29) is 123 Å². The van der Waals surface area contributed by atoms with Gasteiger partial charge in [-0.2, -0.15) is 19.9 Å². The van der Waals surface area contributed by atoms with Gasteiger partial charge in [0.1, 0.15) is 109 Å². The summed E-state index contributed by atoms with van der Waals surface area (Å²) in [5, 5.41) is 11.8. The summed E-state index contributed by atoms with van der Waals surface area (Å²) in [5.74, 6) is -0.727. The molecule has 7 aromatic rings. The molecule has 6 aliphatic rings. The number of rotatable bonds is 48. The number of H-pyrrole nitrogens is 3. The molecule has 11 unspecified atom stereocenters. The Morgan fingerprint density at radius 1 is 0.403 bits per heavy atom. The normalized spacial score (nSPS) is 29.3. The summed E-state index contributed by atoms with van der Waals surface area (Å²) < 4.78 is 166. The lowest BCUT2D eigenvalue weighted by molar-refractivity contribution is -0.0848. The van der Waals surface area contributed by atoms with Crippen molar-refractivity contribution in [3.05, 3.63) is 149 Å². The van der Waals surface area contributed by atoms with E-state index in [0.29, 0.717) is 12.0 Å². The van der Waals surface area contributed by atoms with E-state index in [1.807, 2.05) is 0 Å². The van der Waals surface area contributed by atoms with Crippen LogP contribution in [0.15, 0.2) is 75.7 Å². The maximum atomic E-state index is 15.3. The molecular weight excluding hydrogens is 2040 g/mol. The second-order valence-corrected chi connectivity index (χ2v) is 44.8. The number of phosphoric ester groups is 1. The summed E-state index contributed by atoms with van der Waals surface area (Å²) in [6.45, 7) is -16.4. The second-order valence-electron chi connectivity index (χ2n) is 32.3. The molecule has 13 heterocycles. The van der Waals surface area contributed by atoms with E-state index < -0.39 is 248 Å². The molecule has 27 atom stereocenters. The third kappa shape index (κ3) is 26.5. The van der Waals surface area contributed by atoms with E-state index in [1.165, 1.54) is 91.8 Å². The fourth-order valence-corrected chi connectivity index (χ4v) is 22.5. The maximum absolute atomic E-state index is 15.3. The van der Waals surface area contributed by atoms with Crippen LogP contribution in [0.2, 0.25) is 0 Å². The third-order valence-corrected chi connectivity index (χ3v) is 29.9. The number of aryl methyl sites for hydroxylation is 5. The molecular formula is C73H107N18O39P5S4. The number of imidazole rings is 1. The van der Waals surface area contributed by atoms with E-state index in [2.05, 4.69) is 39.9 Å². The molecule has 6 saturated heterocycles. The van der Waals surface area contributed by atoms with Gasteiger partial charge >= 0.3 is 63.1 Å². The second kappa shape index (κ2) is 46.7. The van der Waals surface area contributed by atoms with Gasteiger partial charge in [-0.25, -0.2) is 33.5 Å². The minimum absolute atomic E-state index is 0.0146. The summed E-state index contributed by atoms with van der Waals surface area (Å²) >= 11 is 22.7. The summed E-state index contributed by atoms with van der Waals surface area (Å²) in [6, 6.07) is 0. The van der Waals surface area contributed by atoms with Crippen LogP contribution in [0, 0.1) is 34.6 Å². The number of aliphatic hydroxyl groups is 1. The maximum Gasteiger partial charge on any atom is 0.472 e. The number of anilines is 4. The van der Waals surface area contributed by atoms with Gasteiger partial charge in [0.15, 0.2) is 36.1 Å². The molecule has 7 aromatic heterocycles. The molecule has 0 amide bonds. The Morgan fingerprint density at radius 3 is 1.19 bits per heavy atom. The Morgan fingerprint density at radius 2 is 0.748 bits per heavy atom. The van der Waals surface area contributed by atoms with Gasteiger partial charge in [-0.05, 0) is 88.3 Å². The van der Waals surface area contributed by atoms with E-state index in [9.17, 15) is 67.9 Å². The number of aliphatic hydroxyl groups excluding tert-OH is 1. The van der Waals surface area contributed by atoms with E-state index in [4.69, 9.17) is 182 Å². The number of hydrogen-bond donors (Lipinski definition) is 13. The highest BCUT2D eigenvalue weighted by atomic mass is 32.5. The Balaban J connectivity index is 0.774. The minimum Gasteiger partial charge on any atom is -0.387 e. The van der Waals surface area contributed by atoms with Crippen molar-refractivity contribution in [2.45, 2.75) is 196 Å². The zero-order valence-corrected chi connectivity index (χ0v) is 83.5. The van der Waals surface area contributed by atoms with E-state index in [0.717, 1.165) is 29.0 Å². The lowest BCUT2D eigenvalue weighted by Gasteiger charge is -2.30. The van der Waals surface area contributed by atoms with Crippen molar-refractivity contribution < 1.29 is 146 Å². The molecule has 66 heteroatoms. The van der Waals surface area contributed by atoms with Gasteiger partial charge in [-0.3, -0.25) is 74.8 Å². The molecule has 57 nitrogen and oxygen atoms in total. The molecule has 0 spiro atoms. The van der Waals surface area contributed by atoms with Crippen LogP contribution in [-0.2, 0) is 163 Å². The van der Waals surface area contributed by atoms with Gasteiger partial charge < -0.3 is 146 Å². The summed E-state index contributed by atoms with van der Waals surface area (Å²) in [7, 11) is -0.505. The van der Waals surface area contributed by atoms with Crippen molar-refractivity contribution in [3.63, 3.8) is 0 Å². The highest BCUT2D eigenvalue weighted by Crippen LogP contribution is 2.58. The van der Waals surface area contributed by atoms with E-state index in [1.54, 1.807) is 13.8 Å². The van der Waals surface area contributed by atoms with Crippen molar-refractivity contribution in [1.29, 1.82) is 0 Å². The predicted molar refractivity (Wildman–Crippen MR) is 493 cm³/mol. The lowest BCUT2D eigenvalue weighted by atomic mass is 10.1. The van der Waals surface area contributed by atoms with Crippen LogP contribution in [0.5, 0.6) is 0 Å². The number of nitrogens with one attached hydrogen (secondary N) is 3. The molecule has 13 rings (SSSR count). The van der Waals surface area contributed by atoms with Crippen LogP contribution in [0.3, 0.4) is 0 Å². The topological polar surface area (TPSA) is 742 Å². The number of nitrogens with two attached hydrogens (primary N) is 4. The molecule has 6 fully saturated rings. The standard InChI is InChI=1S/C73H107N18O39P5S4/c1-11-38-39(20-47(120-38)91-32-78-48-60(91)82-68(77)83-63(48)95)126-132(103,136)116-27-41-40(21-46(121-41)86-22-33(2)57(74)79-69(86)96)127-133(104,137)118-30-44-50(54(112-17-13-108-8)65(124-44)87-23-34(3)58(75)80-70(87)97)128-131(101,102)115-29-43-51(55(113-18-14-109-9)66(123-43)88-24-35(4)59(76)81-71(88)98)129-135(106,139)119-31-45-52(56(114-19-15-110-10)67(125-45)90-26-37(6)62(94)85-73(90)100)130-134(105,138)117-28-42-49(92)53(111-16-12-107-7)64(122-42)89-25-36(5)61(93)84-72(89)99/h22-26,32,38-47,49-56,64-67,92H,11-21,27-31H2,1-10H3,(H,101,102)(H,103,136)(H,104,137)(H,105,138)(H,106,139)(H2,74,79,96)(H2,75,80,97)(H2,76,81,98)(H,84,93,99)(H,85,94,100)(H3,77,82,83,95)/t38-,39?,40?,41-,42-,43-,44-,45-,46-,47-,49?,50?,51?,52?,53+,54+,55+,56+,64-,65-,66-,67-,132?,133?,134?,135?/m1/s1. The number of fused-ring (bicyclic) bond motifs is 1. The first-order valence-electron chi connectivity index (χ1n) is 42.5. The predicted octanol–water partition coefficient (Wildman–Crippen LogP) is -2.10. The number of ether oxygens (including phenoxy) is 14. The number of nitrogen functional groups attached to an aromatic ring is 4. The number of aromatic nitrogens is 14. The summed E-state index contributed by atoms with van der Waals surface area (Å²) in [6.07, 6.45) is -26.7. The zero-order valence-electron chi connectivity index (χ0n) is 75.7. The molecule has 0 saturated carbocycles. The molecule has 772 valence electrons. The quantitative estimate of drug-likeness (QED) is 0.0144. The number of methoxy groups -OCH3 is 4. The number of aromatic amines is 3. The molecule has 0 aromatic carbocycles. The molecule has 6 aliphatic heterocycles. The number of phosphoric acid groups is 1. The fraction of sp³-hybridized carbons (Fsp3) is 0.658. The molecule has 0 bridgehead atoms. The highest BCUT2D eigenvalue weighted by Gasteiger charge is 2.57. The third-order valence-electron chi connectivity index (χ3n) is 22.6. The van der Waals surface area contributed by atoms with Crippen LogP contribution >= 0.6 is 34.7 Å². The number of nitrogens with zero attached hydrogens (tertiary/aromatic N) is 11. The summed E-state index contributed by atoms with van der Waals surface area (Å²) in [4.78, 5) is 195. The average Bonchev–Trinajstić information content (AvgIpc) is 1.63. The molecule has 139 heavy (non-hydrogen) atoms. The van der Waals surface area contributed by atoms with Gasteiger partial charge in [0.25, 0.3) is 16.7 Å². The van der Waals surface area contributed by atoms with Crippen molar-refractivity contribution in [3.8, 4) is 0 Å². The first-order chi connectivity index (χ1) is 65.7. The van der Waals surface area contributed by atoms with Crippen LogP contribution in [0.1, 0.15) is 91.4 Å². The first-order valence-corrected chi connectivity index (χ1v) is 54.3. The summed E-state index contributed by atoms with van der Waals surface area (Å²) in [5.41, 5.74) is 17.8. The number of hydrogen-bond acceptors (Lipinski definition) is 47. The SMILES string of the molecule is CC[C@H]1O[C@@H](n2cnc3c(=O)[nH]c(N)nc32)CC1OP(O)(=S)OC[C@H]1O[C@@H](n2cc(C)c(N)nc2=O)CC1OP(O)(=S)OC[C@H]1O[C@@H](n2cc(C)c(N)nc2=O)[C@@H](OCCOC)C1OP(=O)(O)OC[C@H]1O[C@@H](n2cc(C)c(N)nc2=O)[C@@H](OCCOC)C1OP(O)(=S)OC[C@H]1O[C@@H](n2cc(C)c(=O)[nH]c2=O)[C@@H](OCCOC)C1OP(O)(=S)OC[C@H]1O[C@@H](n2cc(C)c(=O)[nH]c2=O)[C@@H](OCCOC)C1O. The smallest absolute Gasteiger partial charge is 0.387 e. The zero-order chi connectivity index (χ0) is 101. The van der Waals surface area contributed by atoms with Gasteiger partial charge in [-0.15, -0.1) is 0 Å². The lowest BCUT2D eigenvalue weighted by Crippen LogP contribution is -2.42. The Kier molecular flexibility index (Phi) is 36.8. The van der Waals surface area contributed by atoms with Crippen LogP contribution < -0.4 is 68.1 Å². The van der Waals surface area contributed by atoms with Crippen molar-refractivity contribution in [2.24, 2.45) is 0 Å². The fourth-order valence-electron chi connectivity index (χ4n) is 15.7. The Hall–Kier alpha value is -6.82. The van der Waals surface area contributed by atoms with Gasteiger partial charge in [-0.1, -0.05) is 6.92 Å². The van der Waals surface area contributed by atoms with Crippen LogP contribution in [0.25, 0.3) is 11.2 Å². The van der Waals surface area contributed by atoms with Gasteiger partial charge in [0.2, 0.25) is 5.95 Å². The van der Waals surface area contributed by atoms with Crippen LogP contribution in [0.4, 0.5) is 23.4 Å². The minimum atomic E-state index is -5.86.